The molecule has 17 heavy (non-hydrogen) atoms. The van der Waals surface area contributed by atoms with E-state index >= 15 is 0 Å². The Morgan fingerprint density at radius 1 is 1.41 bits per heavy atom. The summed E-state index contributed by atoms with van der Waals surface area (Å²) in [6.45, 7) is 5.73. The number of methoxy groups -OCH3 is 1. The van der Waals surface area contributed by atoms with Crippen LogP contribution in [0.15, 0.2) is 0 Å². The van der Waals surface area contributed by atoms with Crippen LogP contribution in [-0.2, 0) is 14.3 Å². The van der Waals surface area contributed by atoms with E-state index in [4.69, 9.17) is 9.84 Å². The average Bonchev–Trinajstić information content (AvgIpc) is 2.23. The summed E-state index contributed by atoms with van der Waals surface area (Å²) in [5.41, 5.74) is -0.520. The maximum Gasteiger partial charge on any atom is 0.308 e. The fourth-order valence-electron chi connectivity index (χ4n) is 1.42. The van der Waals surface area contributed by atoms with Crippen LogP contribution in [-0.4, -0.2) is 36.2 Å². The normalized spacial score (nSPS) is 13.2. The third-order valence-corrected chi connectivity index (χ3v) is 2.67. The van der Waals surface area contributed by atoms with Crippen molar-refractivity contribution in [2.45, 2.75) is 45.6 Å². The number of carbonyl (C=O) groups is 2. The molecule has 100 valence electrons. The van der Waals surface area contributed by atoms with Gasteiger partial charge in [-0.15, -0.1) is 0 Å². The molecule has 5 nitrogen and oxygen atoms in total. The van der Waals surface area contributed by atoms with Gasteiger partial charge in [0.2, 0.25) is 5.91 Å². The molecule has 1 atom stereocenters. The van der Waals surface area contributed by atoms with Crippen molar-refractivity contribution in [3.05, 3.63) is 0 Å². The van der Waals surface area contributed by atoms with Crippen molar-refractivity contribution in [3.63, 3.8) is 0 Å². The van der Waals surface area contributed by atoms with E-state index in [-0.39, 0.29) is 18.9 Å². The number of carboxylic acids is 1. The lowest BCUT2D eigenvalue weighted by atomic mass is 10.0. The smallest absolute Gasteiger partial charge is 0.308 e. The summed E-state index contributed by atoms with van der Waals surface area (Å²) in [5, 5.41) is 11.6. The van der Waals surface area contributed by atoms with E-state index in [1.807, 2.05) is 20.8 Å². The summed E-state index contributed by atoms with van der Waals surface area (Å²) >= 11 is 0. The Labute approximate surface area is 103 Å². The largest absolute Gasteiger partial charge is 0.481 e. The van der Waals surface area contributed by atoms with E-state index in [9.17, 15) is 9.59 Å². The van der Waals surface area contributed by atoms with E-state index in [1.54, 1.807) is 7.11 Å². The Hall–Kier alpha value is -1.10. The highest BCUT2D eigenvalue weighted by Gasteiger charge is 2.22. The standard InChI is InChI=1S/C12H23NO4/c1-5-6-9(11(15)16)8-13-10(14)7-12(2,3)17-4/h9H,5-8H2,1-4H3,(H,13,14)(H,15,16). The van der Waals surface area contributed by atoms with E-state index in [2.05, 4.69) is 5.32 Å². The molecule has 0 aromatic carbocycles. The first-order valence-corrected chi connectivity index (χ1v) is 5.87. The molecule has 0 heterocycles. The quantitative estimate of drug-likeness (QED) is 0.678. The lowest BCUT2D eigenvalue weighted by molar-refractivity contribution is -0.142. The Morgan fingerprint density at radius 2 is 2.00 bits per heavy atom. The zero-order valence-corrected chi connectivity index (χ0v) is 11.1. The van der Waals surface area contributed by atoms with E-state index < -0.39 is 17.5 Å². The summed E-state index contributed by atoms with van der Waals surface area (Å²) in [6.07, 6.45) is 1.58. The van der Waals surface area contributed by atoms with E-state index in [1.165, 1.54) is 0 Å². The van der Waals surface area contributed by atoms with Gasteiger partial charge in [-0.2, -0.15) is 0 Å². The number of carbonyl (C=O) groups excluding carboxylic acids is 1. The highest BCUT2D eigenvalue weighted by atomic mass is 16.5. The van der Waals surface area contributed by atoms with Crippen LogP contribution >= 0.6 is 0 Å². The summed E-state index contributed by atoms with van der Waals surface area (Å²) in [5.74, 6) is -1.55. The van der Waals surface area contributed by atoms with Crippen LogP contribution in [0, 0.1) is 5.92 Å². The fourth-order valence-corrected chi connectivity index (χ4v) is 1.42. The number of hydrogen-bond acceptors (Lipinski definition) is 3. The van der Waals surface area contributed by atoms with Gasteiger partial charge in [0.1, 0.15) is 0 Å². The zero-order valence-electron chi connectivity index (χ0n) is 11.1. The van der Waals surface area contributed by atoms with Crippen molar-refractivity contribution in [2.24, 2.45) is 5.92 Å². The molecule has 0 aromatic heterocycles. The summed E-state index contributed by atoms with van der Waals surface area (Å²) in [7, 11) is 1.55. The predicted octanol–water partition coefficient (Wildman–Crippen LogP) is 1.42. The Balaban J connectivity index is 4.09. The minimum atomic E-state index is -0.863. The second kappa shape index (κ2) is 7.27. The van der Waals surface area contributed by atoms with Crippen LogP contribution in [0.4, 0.5) is 0 Å². The number of rotatable bonds is 8. The van der Waals surface area contributed by atoms with Crippen molar-refractivity contribution in [1.82, 2.24) is 5.32 Å². The molecular weight excluding hydrogens is 222 g/mol. The molecule has 0 spiro atoms. The van der Waals surface area contributed by atoms with E-state index in [0.717, 1.165) is 6.42 Å². The van der Waals surface area contributed by atoms with Crippen molar-refractivity contribution in [1.29, 1.82) is 0 Å². The Bertz CT molecular complexity index is 263. The summed E-state index contributed by atoms with van der Waals surface area (Å²) in [4.78, 5) is 22.4. The molecule has 5 heteroatoms. The Morgan fingerprint density at radius 3 is 2.41 bits per heavy atom. The first-order valence-electron chi connectivity index (χ1n) is 5.87. The lowest BCUT2D eigenvalue weighted by Crippen LogP contribution is -2.37. The number of aliphatic carboxylic acids is 1. The molecule has 1 amide bonds. The highest BCUT2D eigenvalue weighted by Crippen LogP contribution is 2.12. The molecule has 0 bridgehead atoms. The lowest BCUT2D eigenvalue weighted by Gasteiger charge is -2.22. The van der Waals surface area contributed by atoms with Crippen LogP contribution in [0.3, 0.4) is 0 Å². The van der Waals surface area contributed by atoms with Crippen LogP contribution in [0.25, 0.3) is 0 Å². The van der Waals surface area contributed by atoms with Gasteiger partial charge in [0, 0.05) is 13.7 Å². The fraction of sp³-hybridized carbons (Fsp3) is 0.833. The number of amides is 1. The van der Waals surface area contributed by atoms with Crippen LogP contribution in [0.2, 0.25) is 0 Å². The summed E-state index contributed by atoms with van der Waals surface area (Å²) in [6, 6.07) is 0. The molecule has 0 aliphatic carbocycles. The Kier molecular flexibility index (Phi) is 6.80. The van der Waals surface area contributed by atoms with Gasteiger partial charge in [-0.1, -0.05) is 13.3 Å². The number of hydrogen-bond donors (Lipinski definition) is 2. The molecule has 0 aliphatic heterocycles. The van der Waals surface area contributed by atoms with Crippen LogP contribution in [0.5, 0.6) is 0 Å². The molecular formula is C12H23NO4. The molecule has 0 saturated heterocycles. The monoisotopic (exact) mass is 245 g/mol. The highest BCUT2D eigenvalue weighted by molar-refractivity contribution is 5.78. The van der Waals surface area contributed by atoms with Crippen LogP contribution < -0.4 is 5.32 Å². The number of carboxylic acid groups (broad SMARTS) is 1. The average molecular weight is 245 g/mol. The minimum absolute atomic E-state index is 0.181. The summed E-state index contributed by atoms with van der Waals surface area (Å²) < 4.78 is 5.13. The van der Waals surface area contributed by atoms with Crippen molar-refractivity contribution in [3.8, 4) is 0 Å². The molecule has 0 rings (SSSR count). The number of nitrogens with one attached hydrogen (secondary N) is 1. The first-order chi connectivity index (χ1) is 7.82. The molecule has 0 aliphatic rings. The van der Waals surface area contributed by atoms with Crippen molar-refractivity contribution >= 4 is 11.9 Å². The van der Waals surface area contributed by atoms with Crippen molar-refractivity contribution < 1.29 is 19.4 Å². The predicted molar refractivity (Wildman–Crippen MR) is 64.7 cm³/mol. The topological polar surface area (TPSA) is 75.6 Å². The van der Waals surface area contributed by atoms with Gasteiger partial charge < -0.3 is 15.2 Å². The first kappa shape index (κ1) is 15.9. The molecule has 0 radical (unpaired) electrons. The maximum absolute atomic E-state index is 11.6. The molecule has 0 saturated carbocycles. The van der Waals surface area contributed by atoms with Gasteiger partial charge in [-0.3, -0.25) is 9.59 Å². The van der Waals surface area contributed by atoms with Gasteiger partial charge >= 0.3 is 5.97 Å². The SMILES string of the molecule is CCCC(CNC(=O)CC(C)(C)OC)C(=O)O. The van der Waals surface area contributed by atoms with Gasteiger partial charge in [0.25, 0.3) is 0 Å². The van der Waals surface area contributed by atoms with Crippen molar-refractivity contribution in [2.75, 3.05) is 13.7 Å². The second-order valence-electron chi connectivity index (χ2n) is 4.77. The molecule has 0 aromatic rings. The van der Waals surface area contributed by atoms with E-state index in [0.29, 0.717) is 6.42 Å². The molecule has 0 fully saturated rings. The van der Waals surface area contributed by atoms with Gasteiger partial charge in [-0.25, -0.2) is 0 Å². The van der Waals surface area contributed by atoms with Crippen LogP contribution in [0.1, 0.15) is 40.0 Å². The zero-order chi connectivity index (χ0) is 13.5. The third-order valence-electron chi connectivity index (χ3n) is 2.67. The van der Waals surface area contributed by atoms with Gasteiger partial charge in [-0.05, 0) is 20.3 Å². The number of ether oxygens (including phenoxy) is 1. The van der Waals surface area contributed by atoms with Gasteiger partial charge in [0.15, 0.2) is 0 Å². The molecule has 2 N–H and O–H groups in total. The third kappa shape index (κ3) is 6.94. The molecule has 1 unspecified atom stereocenters. The van der Waals surface area contributed by atoms with Gasteiger partial charge in [0.05, 0.1) is 17.9 Å². The second-order valence-corrected chi connectivity index (χ2v) is 4.77. The maximum atomic E-state index is 11.6. The minimum Gasteiger partial charge on any atom is -0.481 e.